The zero-order valence-electron chi connectivity index (χ0n) is 16.6. The second-order valence-corrected chi connectivity index (χ2v) is 7.18. The quantitative estimate of drug-likeness (QED) is 0.552. The van der Waals surface area contributed by atoms with E-state index >= 15 is 0 Å². The molecule has 0 heterocycles. The van der Waals surface area contributed by atoms with E-state index < -0.39 is 6.10 Å². The maximum atomic E-state index is 12.6. The first-order chi connectivity index (χ1) is 14.5. The van der Waals surface area contributed by atoms with Crippen LogP contribution in [0.1, 0.15) is 22.8 Å². The smallest absolute Gasteiger partial charge is 0.265 e. The van der Waals surface area contributed by atoms with Gasteiger partial charge in [-0.1, -0.05) is 54.1 Å². The van der Waals surface area contributed by atoms with E-state index in [1.165, 1.54) is 0 Å². The third-order valence-electron chi connectivity index (χ3n) is 4.47. The number of nitrogens with one attached hydrogen (secondary N) is 2. The van der Waals surface area contributed by atoms with Crippen LogP contribution in [0.3, 0.4) is 0 Å². The minimum absolute atomic E-state index is 0.242. The van der Waals surface area contributed by atoms with Gasteiger partial charge in [0.15, 0.2) is 6.10 Å². The first kappa shape index (κ1) is 21.4. The number of carbonyl (C=O) groups excluding carboxylic acids is 2. The highest BCUT2D eigenvalue weighted by Gasteiger charge is 2.18. The van der Waals surface area contributed by atoms with Crippen LogP contribution in [0.25, 0.3) is 0 Å². The lowest BCUT2D eigenvalue weighted by molar-refractivity contribution is -0.122. The molecule has 0 aliphatic heterocycles. The zero-order valence-corrected chi connectivity index (χ0v) is 17.4. The number of hydrogen-bond acceptors (Lipinski definition) is 3. The molecule has 3 rings (SSSR count). The SMILES string of the molecule is C[C@@H](Oc1ccc(Cl)cc1)C(=O)Nc1ccccc1C(=O)NCCc1ccccc1. The number of rotatable bonds is 8. The zero-order chi connectivity index (χ0) is 21.3. The van der Waals surface area contributed by atoms with Crippen molar-refractivity contribution in [1.82, 2.24) is 5.32 Å². The Kier molecular flexibility index (Phi) is 7.46. The van der Waals surface area contributed by atoms with E-state index in [0.29, 0.717) is 28.6 Å². The summed E-state index contributed by atoms with van der Waals surface area (Å²) in [5.74, 6) is -0.0587. The average molecular weight is 423 g/mol. The summed E-state index contributed by atoms with van der Waals surface area (Å²) in [6, 6.07) is 23.6. The Labute approximate surface area is 181 Å². The van der Waals surface area contributed by atoms with E-state index in [2.05, 4.69) is 10.6 Å². The van der Waals surface area contributed by atoms with E-state index in [1.807, 2.05) is 30.3 Å². The Hall–Kier alpha value is -3.31. The van der Waals surface area contributed by atoms with Crippen LogP contribution < -0.4 is 15.4 Å². The number of benzene rings is 3. The molecule has 0 saturated carbocycles. The van der Waals surface area contributed by atoms with Crippen LogP contribution in [0.2, 0.25) is 5.02 Å². The summed E-state index contributed by atoms with van der Waals surface area (Å²) in [7, 11) is 0. The van der Waals surface area contributed by atoms with Crippen LogP contribution in [0.15, 0.2) is 78.9 Å². The first-order valence-corrected chi connectivity index (χ1v) is 10.0. The van der Waals surface area contributed by atoms with Gasteiger partial charge in [-0.2, -0.15) is 0 Å². The topological polar surface area (TPSA) is 67.4 Å². The molecular weight excluding hydrogens is 400 g/mol. The second-order valence-electron chi connectivity index (χ2n) is 6.74. The van der Waals surface area contributed by atoms with Gasteiger partial charge in [0.05, 0.1) is 11.3 Å². The van der Waals surface area contributed by atoms with Crippen LogP contribution in [-0.2, 0) is 11.2 Å². The van der Waals surface area contributed by atoms with Gasteiger partial charge < -0.3 is 15.4 Å². The summed E-state index contributed by atoms with van der Waals surface area (Å²) < 4.78 is 5.65. The Bertz CT molecular complexity index is 991. The predicted octanol–water partition coefficient (Wildman–Crippen LogP) is 4.72. The summed E-state index contributed by atoms with van der Waals surface area (Å²) in [6.45, 7) is 2.15. The van der Waals surface area contributed by atoms with E-state index in [-0.39, 0.29) is 11.8 Å². The van der Waals surface area contributed by atoms with Crippen molar-refractivity contribution in [2.45, 2.75) is 19.4 Å². The van der Waals surface area contributed by atoms with Crippen molar-refractivity contribution in [2.24, 2.45) is 0 Å². The lowest BCUT2D eigenvalue weighted by Crippen LogP contribution is -2.32. The minimum atomic E-state index is -0.750. The molecule has 3 aromatic carbocycles. The van der Waals surface area contributed by atoms with E-state index in [4.69, 9.17) is 16.3 Å². The molecule has 6 heteroatoms. The van der Waals surface area contributed by atoms with Gasteiger partial charge in [0, 0.05) is 11.6 Å². The van der Waals surface area contributed by atoms with Gasteiger partial charge in [0.2, 0.25) is 0 Å². The van der Waals surface area contributed by atoms with Gasteiger partial charge in [0.25, 0.3) is 11.8 Å². The molecule has 1 atom stereocenters. The van der Waals surface area contributed by atoms with Crippen LogP contribution in [0.4, 0.5) is 5.69 Å². The molecule has 2 amide bonds. The molecule has 0 aromatic heterocycles. The molecule has 2 N–H and O–H groups in total. The van der Waals surface area contributed by atoms with Crippen molar-refractivity contribution >= 4 is 29.1 Å². The molecule has 30 heavy (non-hydrogen) atoms. The Balaban J connectivity index is 1.58. The number of ether oxygens (including phenoxy) is 1. The van der Waals surface area contributed by atoms with Crippen molar-refractivity contribution in [1.29, 1.82) is 0 Å². The fraction of sp³-hybridized carbons (Fsp3) is 0.167. The van der Waals surface area contributed by atoms with Crippen molar-refractivity contribution in [3.05, 3.63) is 95.0 Å². The van der Waals surface area contributed by atoms with E-state index in [1.54, 1.807) is 55.5 Å². The maximum absolute atomic E-state index is 12.6. The molecule has 3 aromatic rings. The van der Waals surface area contributed by atoms with Gasteiger partial charge in [-0.05, 0) is 55.3 Å². The summed E-state index contributed by atoms with van der Waals surface area (Å²) >= 11 is 5.86. The summed E-state index contributed by atoms with van der Waals surface area (Å²) in [5.41, 5.74) is 1.98. The van der Waals surface area contributed by atoms with Gasteiger partial charge in [-0.3, -0.25) is 9.59 Å². The van der Waals surface area contributed by atoms with Gasteiger partial charge in [0.1, 0.15) is 5.75 Å². The van der Waals surface area contributed by atoms with Crippen molar-refractivity contribution in [3.8, 4) is 5.75 Å². The molecule has 0 spiro atoms. The van der Waals surface area contributed by atoms with Gasteiger partial charge in [-0.25, -0.2) is 0 Å². The number of carbonyl (C=O) groups is 2. The molecule has 5 nitrogen and oxygen atoms in total. The van der Waals surface area contributed by atoms with Gasteiger partial charge >= 0.3 is 0 Å². The van der Waals surface area contributed by atoms with Crippen molar-refractivity contribution in [2.75, 3.05) is 11.9 Å². The lowest BCUT2D eigenvalue weighted by atomic mass is 10.1. The average Bonchev–Trinajstić information content (AvgIpc) is 2.76. The van der Waals surface area contributed by atoms with Crippen LogP contribution in [0.5, 0.6) is 5.75 Å². The summed E-state index contributed by atoms with van der Waals surface area (Å²) in [6.07, 6.45) is -0.0204. The van der Waals surface area contributed by atoms with E-state index in [0.717, 1.165) is 12.0 Å². The molecule has 0 fully saturated rings. The van der Waals surface area contributed by atoms with Crippen molar-refractivity contribution in [3.63, 3.8) is 0 Å². The molecule has 0 unspecified atom stereocenters. The molecule has 0 radical (unpaired) electrons. The maximum Gasteiger partial charge on any atom is 0.265 e. The third kappa shape index (κ3) is 6.09. The monoisotopic (exact) mass is 422 g/mol. The standard InChI is InChI=1S/C24H23ClN2O3/c1-17(30-20-13-11-19(25)12-14-20)23(28)27-22-10-6-5-9-21(22)24(29)26-16-15-18-7-3-2-4-8-18/h2-14,17H,15-16H2,1H3,(H,26,29)(H,27,28)/t17-/m1/s1. The lowest BCUT2D eigenvalue weighted by Gasteiger charge is -2.16. The molecule has 0 aliphatic carbocycles. The van der Waals surface area contributed by atoms with E-state index in [9.17, 15) is 9.59 Å². The highest BCUT2D eigenvalue weighted by Crippen LogP contribution is 2.19. The highest BCUT2D eigenvalue weighted by atomic mass is 35.5. The highest BCUT2D eigenvalue weighted by molar-refractivity contribution is 6.30. The Morgan fingerprint density at radius 1 is 0.933 bits per heavy atom. The van der Waals surface area contributed by atoms with Crippen molar-refractivity contribution < 1.29 is 14.3 Å². The number of para-hydroxylation sites is 1. The van der Waals surface area contributed by atoms with Crippen LogP contribution in [-0.4, -0.2) is 24.5 Å². The number of hydrogen-bond donors (Lipinski definition) is 2. The number of amides is 2. The molecule has 0 aliphatic rings. The Morgan fingerprint density at radius 3 is 2.33 bits per heavy atom. The minimum Gasteiger partial charge on any atom is -0.481 e. The van der Waals surface area contributed by atoms with Crippen LogP contribution in [0, 0.1) is 0 Å². The number of anilines is 1. The molecular formula is C24H23ClN2O3. The normalized spacial score (nSPS) is 11.4. The Morgan fingerprint density at radius 2 is 1.60 bits per heavy atom. The van der Waals surface area contributed by atoms with Gasteiger partial charge in [-0.15, -0.1) is 0 Å². The summed E-state index contributed by atoms with van der Waals surface area (Å²) in [5, 5.41) is 6.27. The molecule has 0 saturated heterocycles. The second kappa shape index (κ2) is 10.5. The largest absolute Gasteiger partial charge is 0.481 e. The number of halogens is 1. The molecule has 0 bridgehead atoms. The summed E-state index contributed by atoms with van der Waals surface area (Å²) in [4.78, 5) is 25.2. The van der Waals surface area contributed by atoms with Crippen LogP contribution >= 0.6 is 11.6 Å². The molecule has 154 valence electrons. The third-order valence-corrected chi connectivity index (χ3v) is 4.72. The fourth-order valence-electron chi connectivity index (χ4n) is 2.86. The predicted molar refractivity (Wildman–Crippen MR) is 119 cm³/mol. The first-order valence-electron chi connectivity index (χ1n) is 9.67. The fourth-order valence-corrected chi connectivity index (χ4v) is 2.98.